The number of nitrogens with zero attached hydrogens (tertiary/aromatic N) is 2. The predicted molar refractivity (Wildman–Crippen MR) is 83.6 cm³/mol. The molecule has 0 aromatic carbocycles. The lowest BCUT2D eigenvalue weighted by molar-refractivity contribution is -0.132. The lowest BCUT2D eigenvalue weighted by atomic mass is 9.94. The highest BCUT2D eigenvalue weighted by molar-refractivity contribution is 7.07. The van der Waals surface area contributed by atoms with Crippen molar-refractivity contribution in [2.45, 2.75) is 25.8 Å². The number of amides is 1. The van der Waals surface area contributed by atoms with Crippen LogP contribution < -0.4 is 5.73 Å². The van der Waals surface area contributed by atoms with Crippen LogP contribution in [0.3, 0.4) is 0 Å². The number of piperidine rings is 1. The summed E-state index contributed by atoms with van der Waals surface area (Å²) in [6, 6.07) is 2.08. The number of hydrogen-bond acceptors (Lipinski definition) is 4. The molecule has 0 saturated carbocycles. The van der Waals surface area contributed by atoms with Gasteiger partial charge in [-0.2, -0.15) is 11.3 Å². The SMILES string of the molecule is CN(Cc1ccsc1)C(=O)CN1CCC(CCN)CC1. The largest absolute Gasteiger partial charge is 0.340 e. The molecule has 5 heteroatoms. The number of thiophene rings is 1. The minimum absolute atomic E-state index is 0.216. The second-order valence-electron chi connectivity index (χ2n) is 5.68. The van der Waals surface area contributed by atoms with Gasteiger partial charge < -0.3 is 10.6 Å². The van der Waals surface area contributed by atoms with Crippen molar-refractivity contribution in [2.75, 3.05) is 33.2 Å². The highest BCUT2D eigenvalue weighted by Crippen LogP contribution is 2.19. The molecule has 2 heterocycles. The van der Waals surface area contributed by atoms with Gasteiger partial charge in [0.1, 0.15) is 0 Å². The van der Waals surface area contributed by atoms with E-state index >= 15 is 0 Å². The molecule has 0 spiro atoms. The van der Waals surface area contributed by atoms with Crippen LogP contribution >= 0.6 is 11.3 Å². The maximum absolute atomic E-state index is 12.2. The van der Waals surface area contributed by atoms with E-state index in [0.717, 1.165) is 32.0 Å². The Morgan fingerprint density at radius 1 is 1.50 bits per heavy atom. The zero-order valence-electron chi connectivity index (χ0n) is 12.3. The normalized spacial score (nSPS) is 17.3. The van der Waals surface area contributed by atoms with Crippen LogP contribution in [0.1, 0.15) is 24.8 Å². The molecule has 0 unspecified atom stereocenters. The van der Waals surface area contributed by atoms with Crippen LogP contribution in [-0.2, 0) is 11.3 Å². The third-order valence-electron chi connectivity index (χ3n) is 4.07. The Labute approximate surface area is 125 Å². The highest BCUT2D eigenvalue weighted by Gasteiger charge is 2.21. The smallest absolute Gasteiger partial charge is 0.236 e. The molecule has 20 heavy (non-hydrogen) atoms. The van der Waals surface area contributed by atoms with E-state index in [2.05, 4.69) is 21.7 Å². The van der Waals surface area contributed by atoms with Gasteiger partial charge in [0.15, 0.2) is 0 Å². The average molecular weight is 295 g/mol. The van der Waals surface area contributed by atoms with Crippen molar-refractivity contribution in [2.24, 2.45) is 11.7 Å². The van der Waals surface area contributed by atoms with E-state index in [9.17, 15) is 4.79 Å². The van der Waals surface area contributed by atoms with E-state index in [1.165, 1.54) is 18.4 Å². The highest BCUT2D eigenvalue weighted by atomic mass is 32.1. The predicted octanol–water partition coefficient (Wildman–Crippen LogP) is 1.77. The fraction of sp³-hybridized carbons (Fsp3) is 0.667. The first-order valence-electron chi connectivity index (χ1n) is 7.36. The number of likely N-dealkylation sites (N-methyl/N-ethyl adjacent to an activating group) is 1. The molecular weight excluding hydrogens is 270 g/mol. The summed E-state index contributed by atoms with van der Waals surface area (Å²) in [7, 11) is 1.89. The Bertz CT molecular complexity index is 399. The molecule has 0 radical (unpaired) electrons. The van der Waals surface area contributed by atoms with Gasteiger partial charge in [-0.25, -0.2) is 0 Å². The van der Waals surface area contributed by atoms with Crippen LogP contribution in [0, 0.1) is 5.92 Å². The molecule has 1 aromatic rings. The van der Waals surface area contributed by atoms with E-state index in [-0.39, 0.29) is 5.91 Å². The fourth-order valence-electron chi connectivity index (χ4n) is 2.73. The summed E-state index contributed by atoms with van der Waals surface area (Å²) < 4.78 is 0. The van der Waals surface area contributed by atoms with E-state index in [1.54, 1.807) is 11.3 Å². The zero-order valence-corrected chi connectivity index (χ0v) is 13.1. The van der Waals surface area contributed by atoms with Gasteiger partial charge in [-0.1, -0.05) is 0 Å². The van der Waals surface area contributed by atoms with E-state index in [1.807, 2.05) is 11.9 Å². The van der Waals surface area contributed by atoms with Gasteiger partial charge in [-0.05, 0) is 67.2 Å². The number of rotatable bonds is 6. The Morgan fingerprint density at radius 3 is 2.85 bits per heavy atom. The minimum atomic E-state index is 0.216. The summed E-state index contributed by atoms with van der Waals surface area (Å²) in [4.78, 5) is 16.3. The van der Waals surface area contributed by atoms with Crippen LogP contribution in [-0.4, -0.2) is 48.9 Å². The fourth-order valence-corrected chi connectivity index (χ4v) is 3.39. The van der Waals surface area contributed by atoms with Gasteiger partial charge in [0.05, 0.1) is 6.54 Å². The lowest BCUT2D eigenvalue weighted by Gasteiger charge is -2.32. The molecule has 0 atom stereocenters. The second kappa shape index (κ2) is 7.76. The monoisotopic (exact) mass is 295 g/mol. The number of carbonyl (C=O) groups excluding carboxylic acids is 1. The maximum atomic E-state index is 12.2. The van der Waals surface area contributed by atoms with Crippen LogP contribution in [0.2, 0.25) is 0 Å². The first-order chi connectivity index (χ1) is 9.69. The van der Waals surface area contributed by atoms with Crippen molar-refractivity contribution in [1.29, 1.82) is 0 Å². The Hall–Kier alpha value is -0.910. The molecule has 1 aliphatic rings. The zero-order chi connectivity index (χ0) is 14.4. The maximum Gasteiger partial charge on any atom is 0.236 e. The Balaban J connectivity index is 1.72. The van der Waals surface area contributed by atoms with Gasteiger partial charge in [0.25, 0.3) is 0 Å². The standard InChI is InChI=1S/C15H25N3OS/c1-17(10-14-5-9-20-12-14)15(19)11-18-7-3-13(2-6-16)4-8-18/h5,9,12-13H,2-4,6-8,10-11,16H2,1H3. The minimum Gasteiger partial charge on any atom is -0.340 e. The number of nitrogens with two attached hydrogens (primary N) is 1. The molecule has 1 fully saturated rings. The van der Waals surface area contributed by atoms with E-state index in [4.69, 9.17) is 5.73 Å². The van der Waals surface area contributed by atoms with Gasteiger partial charge in [-0.3, -0.25) is 9.69 Å². The summed E-state index contributed by atoms with van der Waals surface area (Å²) in [5.41, 5.74) is 6.82. The molecule has 4 nitrogen and oxygen atoms in total. The summed E-state index contributed by atoms with van der Waals surface area (Å²) in [6.45, 7) is 4.11. The van der Waals surface area contributed by atoms with E-state index in [0.29, 0.717) is 13.1 Å². The first kappa shape index (κ1) is 15.5. The van der Waals surface area contributed by atoms with E-state index < -0.39 is 0 Å². The molecule has 1 saturated heterocycles. The molecular formula is C15H25N3OS. The van der Waals surface area contributed by atoms with Crippen LogP contribution in [0.15, 0.2) is 16.8 Å². The molecule has 112 valence electrons. The lowest BCUT2D eigenvalue weighted by Crippen LogP contribution is -2.42. The van der Waals surface area contributed by atoms with Gasteiger partial charge in [-0.15, -0.1) is 0 Å². The average Bonchev–Trinajstić information content (AvgIpc) is 2.94. The third-order valence-corrected chi connectivity index (χ3v) is 4.80. The number of likely N-dealkylation sites (tertiary alicyclic amines) is 1. The summed E-state index contributed by atoms with van der Waals surface area (Å²) >= 11 is 1.68. The second-order valence-corrected chi connectivity index (χ2v) is 6.46. The van der Waals surface area contributed by atoms with Crippen LogP contribution in [0.5, 0.6) is 0 Å². The van der Waals surface area contributed by atoms with Crippen molar-refractivity contribution < 1.29 is 4.79 Å². The van der Waals surface area contributed by atoms with Crippen molar-refractivity contribution in [3.05, 3.63) is 22.4 Å². The van der Waals surface area contributed by atoms with Crippen molar-refractivity contribution in [3.8, 4) is 0 Å². The molecule has 1 aromatic heterocycles. The molecule has 1 amide bonds. The van der Waals surface area contributed by atoms with Crippen molar-refractivity contribution in [1.82, 2.24) is 9.80 Å². The molecule has 0 bridgehead atoms. The number of carbonyl (C=O) groups is 1. The summed E-state index contributed by atoms with van der Waals surface area (Å²) in [6.07, 6.45) is 3.48. The molecule has 0 aliphatic carbocycles. The van der Waals surface area contributed by atoms with Crippen molar-refractivity contribution >= 4 is 17.2 Å². The van der Waals surface area contributed by atoms with Gasteiger partial charge >= 0.3 is 0 Å². The quantitative estimate of drug-likeness (QED) is 0.870. The van der Waals surface area contributed by atoms with Crippen molar-refractivity contribution in [3.63, 3.8) is 0 Å². The summed E-state index contributed by atoms with van der Waals surface area (Å²) in [5.74, 6) is 0.975. The Kier molecular flexibility index (Phi) is 6.01. The van der Waals surface area contributed by atoms with Gasteiger partial charge in [0.2, 0.25) is 5.91 Å². The number of hydrogen-bond donors (Lipinski definition) is 1. The molecule has 2 N–H and O–H groups in total. The first-order valence-corrected chi connectivity index (χ1v) is 8.30. The Morgan fingerprint density at radius 2 is 2.25 bits per heavy atom. The summed E-state index contributed by atoms with van der Waals surface area (Å²) in [5, 5.41) is 4.15. The van der Waals surface area contributed by atoms with Crippen LogP contribution in [0.4, 0.5) is 0 Å². The van der Waals surface area contributed by atoms with Crippen LogP contribution in [0.25, 0.3) is 0 Å². The molecule has 1 aliphatic heterocycles. The topological polar surface area (TPSA) is 49.6 Å². The molecule has 2 rings (SSSR count). The third kappa shape index (κ3) is 4.58. The van der Waals surface area contributed by atoms with Gasteiger partial charge in [0, 0.05) is 13.6 Å².